The van der Waals surface area contributed by atoms with E-state index in [-0.39, 0.29) is 5.82 Å². The third kappa shape index (κ3) is 2.35. The van der Waals surface area contributed by atoms with Crippen LogP contribution in [0, 0.1) is 11.6 Å². The SMILES string of the molecule is Fc1cncc(-c2cc(-c3cccc(F)c3)on2)c1. The molecule has 3 rings (SSSR count). The molecule has 0 aliphatic heterocycles. The second kappa shape index (κ2) is 4.61. The Hall–Kier alpha value is -2.56. The fourth-order valence-corrected chi connectivity index (χ4v) is 1.74. The van der Waals surface area contributed by atoms with Crippen LogP contribution in [0.4, 0.5) is 8.78 Å². The van der Waals surface area contributed by atoms with E-state index in [2.05, 4.69) is 10.1 Å². The summed E-state index contributed by atoms with van der Waals surface area (Å²) >= 11 is 0. The Morgan fingerprint density at radius 3 is 2.53 bits per heavy atom. The second-order valence-corrected chi connectivity index (χ2v) is 3.98. The van der Waals surface area contributed by atoms with Crippen molar-refractivity contribution in [3.63, 3.8) is 0 Å². The molecule has 0 radical (unpaired) electrons. The number of benzene rings is 1. The van der Waals surface area contributed by atoms with Crippen LogP contribution in [-0.2, 0) is 0 Å². The number of rotatable bonds is 2. The maximum absolute atomic E-state index is 13.1. The Bertz CT molecular complexity index is 665. The van der Waals surface area contributed by atoms with E-state index in [1.54, 1.807) is 18.2 Å². The molecule has 0 aliphatic rings. The number of aromatic nitrogens is 2. The zero-order valence-corrected chi connectivity index (χ0v) is 9.68. The average Bonchev–Trinajstić information content (AvgIpc) is 2.88. The first-order chi connectivity index (χ1) is 9.22. The van der Waals surface area contributed by atoms with Gasteiger partial charge in [0.05, 0.1) is 6.20 Å². The Morgan fingerprint density at radius 2 is 1.74 bits per heavy atom. The van der Waals surface area contributed by atoms with Crippen LogP contribution in [0.2, 0.25) is 0 Å². The molecule has 1 aromatic carbocycles. The van der Waals surface area contributed by atoms with Crippen LogP contribution in [-0.4, -0.2) is 10.1 Å². The molecule has 0 saturated heterocycles. The molecule has 0 bridgehead atoms. The summed E-state index contributed by atoms with van der Waals surface area (Å²) in [5.74, 6) is -0.394. The highest BCUT2D eigenvalue weighted by molar-refractivity contribution is 5.66. The van der Waals surface area contributed by atoms with Crippen LogP contribution >= 0.6 is 0 Å². The van der Waals surface area contributed by atoms with Gasteiger partial charge in [-0.3, -0.25) is 4.98 Å². The van der Waals surface area contributed by atoms with E-state index in [1.807, 2.05) is 0 Å². The van der Waals surface area contributed by atoms with Crippen molar-refractivity contribution in [3.05, 3.63) is 60.4 Å². The number of halogens is 2. The van der Waals surface area contributed by atoms with E-state index in [0.29, 0.717) is 22.6 Å². The number of hydrogen-bond acceptors (Lipinski definition) is 3. The van der Waals surface area contributed by atoms with Crippen molar-refractivity contribution < 1.29 is 13.3 Å². The van der Waals surface area contributed by atoms with Crippen molar-refractivity contribution in [2.75, 3.05) is 0 Å². The summed E-state index contributed by atoms with van der Waals surface area (Å²) in [6.07, 6.45) is 2.59. The first-order valence-corrected chi connectivity index (χ1v) is 5.56. The van der Waals surface area contributed by atoms with Crippen molar-refractivity contribution in [2.45, 2.75) is 0 Å². The summed E-state index contributed by atoms with van der Waals surface area (Å²) in [7, 11) is 0. The summed E-state index contributed by atoms with van der Waals surface area (Å²) in [5, 5.41) is 3.83. The molecule has 0 unspecified atom stereocenters. The summed E-state index contributed by atoms with van der Waals surface area (Å²) in [5.41, 5.74) is 1.53. The van der Waals surface area contributed by atoms with Crippen LogP contribution in [0.1, 0.15) is 0 Å². The van der Waals surface area contributed by atoms with Crippen molar-refractivity contribution in [2.24, 2.45) is 0 Å². The topological polar surface area (TPSA) is 38.9 Å². The predicted octanol–water partition coefficient (Wildman–Crippen LogP) is 3.68. The van der Waals surface area contributed by atoms with Gasteiger partial charge in [-0.2, -0.15) is 0 Å². The summed E-state index contributed by atoms with van der Waals surface area (Å²) in [6, 6.07) is 8.89. The molecule has 0 fully saturated rings. The van der Waals surface area contributed by atoms with Crippen LogP contribution < -0.4 is 0 Å². The average molecular weight is 258 g/mol. The maximum atomic E-state index is 13.1. The molecule has 5 heteroatoms. The molecule has 0 atom stereocenters. The highest BCUT2D eigenvalue weighted by Crippen LogP contribution is 2.26. The zero-order valence-electron chi connectivity index (χ0n) is 9.68. The van der Waals surface area contributed by atoms with Gasteiger partial charge in [0.25, 0.3) is 0 Å². The van der Waals surface area contributed by atoms with Crippen LogP contribution in [0.25, 0.3) is 22.6 Å². The van der Waals surface area contributed by atoms with Gasteiger partial charge in [0.2, 0.25) is 0 Å². The summed E-state index contributed by atoms with van der Waals surface area (Å²) in [6.45, 7) is 0. The smallest absolute Gasteiger partial charge is 0.167 e. The fraction of sp³-hybridized carbons (Fsp3) is 0. The normalized spacial score (nSPS) is 10.6. The van der Waals surface area contributed by atoms with Gasteiger partial charge in [0, 0.05) is 23.4 Å². The largest absolute Gasteiger partial charge is 0.356 e. The van der Waals surface area contributed by atoms with Gasteiger partial charge in [-0.05, 0) is 18.2 Å². The lowest BCUT2D eigenvalue weighted by Crippen LogP contribution is -1.82. The third-order valence-corrected chi connectivity index (χ3v) is 2.62. The Labute approximate surface area is 107 Å². The van der Waals surface area contributed by atoms with Gasteiger partial charge in [0.1, 0.15) is 17.3 Å². The van der Waals surface area contributed by atoms with Crippen LogP contribution in [0.15, 0.2) is 53.3 Å². The lowest BCUT2D eigenvalue weighted by Gasteiger charge is -1.94. The molecule has 0 aliphatic carbocycles. The van der Waals surface area contributed by atoms with Crippen molar-refractivity contribution in [3.8, 4) is 22.6 Å². The summed E-state index contributed by atoms with van der Waals surface area (Å²) in [4.78, 5) is 3.74. The quantitative estimate of drug-likeness (QED) is 0.703. The number of hydrogen-bond donors (Lipinski definition) is 0. The van der Waals surface area contributed by atoms with Crippen molar-refractivity contribution >= 4 is 0 Å². The van der Waals surface area contributed by atoms with Crippen LogP contribution in [0.3, 0.4) is 0 Å². The van der Waals surface area contributed by atoms with Gasteiger partial charge in [-0.1, -0.05) is 17.3 Å². The molecule has 3 nitrogen and oxygen atoms in total. The lowest BCUT2D eigenvalue weighted by molar-refractivity contribution is 0.434. The first kappa shape index (κ1) is 11.5. The minimum atomic E-state index is -0.451. The molecule has 94 valence electrons. The van der Waals surface area contributed by atoms with E-state index in [0.717, 1.165) is 6.20 Å². The number of pyridine rings is 1. The van der Waals surface area contributed by atoms with Crippen molar-refractivity contribution in [1.29, 1.82) is 0 Å². The van der Waals surface area contributed by atoms with E-state index < -0.39 is 5.82 Å². The van der Waals surface area contributed by atoms with E-state index in [4.69, 9.17) is 4.52 Å². The molecule has 0 N–H and O–H groups in total. The second-order valence-electron chi connectivity index (χ2n) is 3.98. The standard InChI is InChI=1S/C14H8F2N2O/c15-11-3-1-2-9(4-11)14-6-13(18-19-14)10-5-12(16)8-17-7-10/h1-8H. The molecular weight excluding hydrogens is 250 g/mol. The number of nitrogens with zero attached hydrogens (tertiary/aromatic N) is 2. The third-order valence-electron chi connectivity index (χ3n) is 2.62. The van der Waals surface area contributed by atoms with Gasteiger partial charge >= 0.3 is 0 Å². The summed E-state index contributed by atoms with van der Waals surface area (Å²) < 4.78 is 31.3. The highest BCUT2D eigenvalue weighted by atomic mass is 19.1. The van der Waals surface area contributed by atoms with Gasteiger partial charge in [-0.25, -0.2) is 8.78 Å². The fourth-order valence-electron chi connectivity index (χ4n) is 1.74. The molecule has 2 heterocycles. The predicted molar refractivity (Wildman–Crippen MR) is 65.1 cm³/mol. The minimum absolute atomic E-state index is 0.358. The first-order valence-electron chi connectivity index (χ1n) is 5.56. The van der Waals surface area contributed by atoms with E-state index in [1.165, 1.54) is 24.4 Å². The van der Waals surface area contributed by atoms with E-state index in [9.17, 15) is 8.78 Å². The Morgan fingerprint density at radius 1 is 0.895 bits per heavy atom. The zero-order chi connectivity index (χ0) is 13.2. The molecule has 0 amide bonds. The lowest BCUT2D eigenvalue weighted by atomic mass is 10.1. The van der Waals surface area contributed by atoms with Crippen molar-refractivity contribution in [1.82, 2.24) is 10.1 Å². The van der Waals surface area contributed by atoms with Gasteiger partial charge in [0.15, 0.2) is 5.76 Å². The van der Waals surface area contributed by atoms with Crippen LogP contribution in [0.5, 0.6) is 0 Å². The highest BCUT2D eigenvalue weighted by Gasteiger charge is 2.10. The minimum Gasteiger partial charge on any atom is -0.356 e. The molecule has 2 aromatic heterocycles. The Kier molecular flexibility index (Phi) is 2.79. The molecule has 0 spiro atoms. The van der Waals surface area contributed by atoms with E-state index >= 15 is 0 Å². The monoisotopic (exact) mass is 258 g/mol. The Balaban J connectivity index is 2.00. The molecule has 3 aromatic rings. The molecule has 0 saturated carbocycles. The molecular formula is C14H8F2N2O. The maximum Gasteiger partial charge on any atom is 0.167 e. The van der Waals surface area contributed by atoms with Gasteiger partial charge in [-0.15, -0.1) is 0 Å². The molecule has 19 heavy (non-hydrogen) atoms. The van der Waals surface area contributed by atoms with Gasteiger partial charge < -0.3 is 4.52 Å².